The molecule has 10 heteroatoms. The number of aromatic carboxylic acids is 1. The molecule has 0 amide bonds. The highest BCUT2D eigenvalue weighted by molar-refractivity contribution is 5.93. The van der Waals surface area contributed by atoms with Gasteiger partial charge in [0, 0.05) is 63.1 Å². The smallest absolute Gasteiger partial charge is 0.341 e. The predicted octanol–water partition coefficient (Wildman–Crippen LogP) is 2.89. The number of pyridine rings is 1. The van der Waals surface area contributed by atoms with Gasteiger partial charge in [-0.05, 0) is 43.9 Å². The van der Waals surface area contributed by atoms with Gasteiger partial charge in [-0.2, -0.15) is 4.98 Å². The van der Waals surface area contributed by atoms with Crippen LogP contribution in [-0.2, 0) is 0 Å². The van der Waals surface area contributed by atoms with Crippen LogP contribution in [0.5, 0.6) is 0 Å². The molecule has 2 saturated heterocycles. The standard InChI is InChI=1S/C25H27FN6O3/c26-19-13-17-20(32(16-3-4-16)15-18(23(17)33)24(34)35)14-21(19)29-9-11-31(12-10-29)25-27-6-5-22(28-25)30-7-1-2-8-30/h5-6,13-16H,1-4,7-12H2,(H,34,35). The molecule has 0 unspecified atom stereocenters. The van der Waals surface area contributed by atoms with E-state index in [-0.39, 0.29) is 17.0 Å². The number of halogens is 1. The highest BCUT2D eigenvalue weighted by Crippen LogP contribution is 2.38. The SMILES string of the molecule is O=C(O)c1cn(C2CC2)c2cc(N3CCN(c4nccc(N5CCCC5)n4)CC3)c(F)cc2c1=O. The summed E-state index contributed by atoms with van der Waals surface area (Å²) >= 11 is 0. The molecule has 2 aliphatic heterocycles. The number of aromatic nitrogens is 3. The van der Waals surface area contributed by atoms with Crippen molar-refractivity contribution in [3.8, 4) is 0 Å². The summed E-state index contributed by atoms with van der Waals surface area (Å²) in [6.07, 6.45) is 7.41. The summed E-state index contributed by atoms with van der Waals surface area (Å²) in [4.78, 5) is 39.9. The number of benzene rings is 1. The van der Waals surface area contributed by atoms with E-state index in [0.717, 1.165) is 31.7 Å². The Morgan fingerprint density at radius 1 is 1.00 bits per heavy atom. The van der Waals surface area contributed by atoms with Crippen molar-refractivity contribution in [1.29, 1.82) is 0 Å². The van der Waals surface area contributed by atoms with Gasteiger partial charge in [0.1, 0.15) is 17.2 Å². The van der Waals surface area contributed by atoms with Gasteiger partial charge in [0.15, 0.2) is 0 Å². The number of anilines is 3. The Kier molecular flexibility index (Phi) is 5.31. The lowest BCUT2D eigenvalue weighted by Gasteiger charge is -2.36. The maximum atomic E-state index is 15.2. The van der Waals surface area contributed by atoms with Crippen LogP contribution in [0.4, 0.5) is 21.8 Å². The zero-order valence-corrected chi connectivity index (χ0v) is 19.4. The second-order valence-corrected chi connectivity index (χ2v) is 9.52. The second-order valence-electron chi connectivity index (χ2n) is 9.52. The molecule has 1 aromatic carbocycles. The van der Waals surface area contributed by atoms with Crippen molar-refractivity contribution < 1.29 is 14.3 Å². The summed E-state index contributed by atoms with van der Waals surface area (Å²) in [7, 11) is 0. The number of carboxylic acids is 1. The fourth-order valence-corrected chi connectivity index (χ4v) is 5.17. The topological polar surface area (TPSA) is 94.8 Å². The van der Waals surface area contributed by atoms with Crippen LogP contribution in [0, 0.1) is 5.82 Å². The first-order valence-electron chi connectivity index (χ1n) is 12.2. The third-order valence-electron chi connectivity index (χ3n) is 7.23. The summed E-state index contributed by atoms with van der Waals surface area (Å²) < 4.78 is 17.1. The molecule has 3 aromatic rings. The van der Waals surface area contributed by atoms with Crippen LogP contribution in [0.15, 0.2) is 35.4 Å². The molecule has 1 saturated carbocycles. The molecule has 1 aliphatic carbocycles. The van der Waals surface area contributed by atoms with Crippen molar-refractivity contribution in [3.05, 3.63) is 52.2 Å². The highest BCUT2D eigenvalue weighted by atomic mass is 19.1. The summed E-state index contributed by atoms with van der Waals surface area (Å²) in [5, 5.41) is 9.56. The lowest BCUT2D eigenvalue weighted by atomic mass is 10.1. The summed E-state index contributed by atoms with van der Waals surface area (Å²) in [6.45, 7) is 4.50. The van der Waals surface area contributed by atoms with Gasteiger partial charge in [0.25, 0.3) is 0 Å². The summed E-state index contributed by atoms with van der Waals surface area (Å²) in [5.74, 6) is -0.158. The number of carboxylic acid groups (broad SMARTS) is 1. The number of carbonyl (C=O) groups is 1. The average molecular weight is 479 g/mol. The van der Waals surface area contributed by atoms with Gasteiger partial charge in [-0.3, -0.25) is 4.79 Å². The minimum Gasteiger partial charge on any atom is -0.477 e. The zero-order chi connectivity index (χ0) is 24.1. The van der Waals surface area contributed by atoms with Crippen LogP contribution in [0.1, 0.15) is 42.1 Å². The molecular formula is C25H27FN6O3. The monoisotopic (exact) mass is 478 g/mol. The minimum atomic E-state index is -1.29. The third kappa shape index (κ3) is 3.96. The second kappa shape index (κ2) is 8.51. The molecule has 35 heavy (non-hydrogen) atoms. The minimum absolute atomic E-state index is 0.115. The Labute approximate surface area is 201 Å². The Morgan fingerprint density at radius 2 is 1.71 bits per heavy atom. The van der Waals surface area contributed by atoms with Crippen molar-refractivity contribution >= 4 is 34.3 Å². The molecule has 2 aromatic heterocycles. The highest BCUT2D eigenvalue weighted by Gasteiger charge is 2.29. The van der Waals surface area contributed by atoms with Gasteiger partial charge in [0.2, 0.25) is 11.4 Å². The molecule has 0 spiro atoms. The maximum absolute atomic E-state index is 15.2. The summed E-state index contributed by atoms with van der Waals surface area (Å²) in [6, 6.07) is 5.00. The Morgan fingerprint density at radius 3 is 2.40 bits per heavy atom. The number of fused-ring (bicyclic) bond motifs is 1. The van der Waals surface area contributed by atoms with E-state index in [1.807, 2.05) is 15.5 Å². The molecule has 3 aliphatic rings. The fraction of sp³-hybridized carbons (Fsp3) is 0.440. The molecule has 0 bridgehead atoms. The lowest BCUT2D eigenvalue weighted by molar-refractivity contribution is 0.0695. The van der Waals surface area contributed by atoms with Gasteiger partial charge in [-0.25, -0.2) is 14.2 Å². The molecule has 182 valence electrons. The zero-order valence-electron chi connectivity index (χ0n) is 19.4. The van der Waals surface area contributed by atoms with Crippen molar-refractivity contribution in [2.24, 2.45) is 0 Å². The van der Waals surface area contributed by atoms with Gasteiger partial charge in [-0.15, -0.1) is 0 Å². The van der Waals surface area contributed by atoms with E-state index in [9.17, 15) is 14.7 Å². The van der Waals surface area contributed by atoms with Gasteiger partial charge in [0.05, 0.1) is 11.2 Å². The van der Waals surface area contributed by atoms with Crippen molar-refractivity contribution in [3.63, 3.8) is 0 Å². The normalized spacial score (nSPS) is 18.5. The molecule has 1 N–H and O–H groups in total. The van der Waals surface area contributed by atoms with Crippen LogP contribution in [0.3, 0.4) is 0 Å². The number of rotatable bonds is 5. The largest absolute Gasteiger partial charge is 0.477 e. The van der Waals surface area contributed by atoms with Crippen LogP contribution >= 0.6 is 0 Å². The molecule has 9 nitrogen and oxygen atoms in total. The quantitative estimate of drug-likeness (QED) is 0.598. The molecular weight excluding hydrogens is 451 g/mol. The molecule has 4 heterocycles. The molecule has 6 rings (SSSR count). The van der Waals surface area contributed by atoms with E-state index in [1.165, 1.54) is 25.1 Å². The number of hydrogen-bond acceptors (Lipinski definition) is 7. The van der Waals surface area contributed by atoms with E-state index in [4.69, 9.17) is 4.98 Å². The van der Waals surface area contributed by atoms with E-state index in [2.05, 4.69) is 14.8 Å². The number of nitrogens with zero attached hydrogens (tertiary/aromatic N) is 6. The predicted molar refractivity (Wildman–Crippen MR) is 131 cm³/mol. The van der Waals surface area contributed by atoms with E-state index < -0.39 is 17.2 Å². The van der Waals surface area contributed by atoms with Crippen molar-refractivity contribution in [2.75, 3.05) is 54.0 Å². The van der Waals surface area contributed by atoms with Crippen LogP contribution in [-0.4, -0.2) is 64.9 Å². The fourth-order valence-electron chi connectivity index (χ4n) is 5.17. The lowest BCUT2D eigenvalue weighted by Crippen LogP contribution is -2.47. The van der Waals surface area contributed by atoms with Crippen LogP contribution in [0.2, 0.25) is 0 Å². The van der Waals surface area contributed by atoms with E-state index >= 15 is 4.39 Å². The first kappa shape index (κ1) is 21.8. The average Bonchev–Trinajstić information content (AvgIpc) is 3.56. The van der Waals surface area contributed by atoms with Crippen molar-refractivity contribution in [1.82, 2.24) is 14.5 Å². The Hall–Kier alpha value is -3.69. The van der Waals surface area contributed by atoms with Crippen molar-refractivity contribution in [2.45, 2.75) is 31.7 Å². The van der Waals surface area contributed by atoms with Crippen LogP contribution < -0.4 is 20.1 Å². The number of piperazine rings is 1. The van der Waals surface area contributed by atoms with E-state index in [1.54, 1.807) is 12.3 Å². The maximum Gasteiger partial charge on any atom is 0.341 e. The summed E-state index contributed by atoms with van der Waals surface area (Å²) in [5.41, 5.74) is 0.0553. The van der Waals surface area contributed by atoms with Gasteiger partial charge in [-0.1, -0.05) is 0 Å². The third-order valence-corrected chi connectivity index (χ3v) is 7.23. The first-order valence-corrected chi connectivity index (χ1v) is 12.2. The Bertz CT molecular complexity index is 1360. The molecule has 0 atom stereocenters. The number of hydrogen-bond donors (Lipinski definition) is 1. The van der Waals surface area contributed by atoms with Gasteiger partial charge >= 0.3 is 5.97 Å². The van der Waals surface area contributed by atoms with Gasteiger partial charge < -0.3 is 24.4 Å². The van der Waals surface area contributed by atoms with E-state index in [0.29, 0.717) is 43.3 Å². The molecule has 3 fully saturated rings. The first-order chi connectivity index (χ1) is 17.0. The van der Waals surface area contributed by atoms with Crippen LogP contribution in [0.25, 0.3) is 10.9 Å². The molecule has 0 radical (unpaired) electrons. The Balaban J connectivity index is 1.27.